The number of aromatic nitrogens is 2. The lowest BCUT2D eigenvalue weighted by Gasteiger charge is -2.17. The Hall–Kier alpha value is -3.25. The van der Waals surface area contributed by atoms with Crippen LogP contribution < -0.4 is 10.9 Å². The highest BCUT2D eigenvalue weighted by Gasteiger charge is 2.21. The molecule has 0 saturated carbocycles. The van der Waals surface area contributed by atoms with Gasteiger partial charge < -0.3 is 5.32 Å². The molecule has 5 nitrogen and oxygen atoms in total. The SMILES string of the molecule is Cc1ccccc1NC(=O)C(C)n1cnc2scc(-c3ccc4c(c3)CCCC4)c2c1=O. The molecule has 0 saturated heterocycles. The Balaban J connectivity index is 1.52. The highest BCUT2D eigenvalue weighted by molar-refractivity contribution is 7.17. The molecule has 1 N–H and O–H groups in total. The number of nitrogens with zero attached hydrogens (tertiary/aromatic N) is 2. The summed E-state index contributed by atoms with van der Waals surface area (Å²) >= 11 is 1.47. The van der Waals surface area contributed by atoms with Crippen LogP contribution in [0.2, 0.25) is 0 Å². The zero-order valence-corrected chi connectivity index (χ0v) is 19.0. The van der Waals surface area contributed by atoms with Crippen molar-refractivity contribution < 1.29 is 4.79 Å². The molecule has 2 heterocycles. The summed E-state index contributed by atoms with van der Waals surface area (Å²) in [7, 11) is 0. The molecular formula is C26H25N3O2S. The van der Waals surface area contributed by atoms with Crippen molar-refractivity contribution in [3.63, 3.8) is 0 Å². The molecule has 1 unspecified atom stereocenters. The van der Waals surface area contributed by atoms with Gasteiger partial charge in [-0.3, -0.25) is 14.2 Å². The van der Waals surface area contributed by atoms with Gasteiger partial charge in [-0.2, -0.15) is 0 Å². The molecule has 6 heteroatoms. The molecular weight excluding hydrogens is 418 g/mol. The van der Waals surface area contributed by atoms with Crippen molar-refractivity contribution in [1.29, 1.82) is 0 Å². The first kappa shape index (κ1) is 20.6. The number of amides is 1. The van der Waals surface area contributed by atoms with Crippen LogP contribution in [0.25, 0.3) is 21.3 Å². The molecule has 0 radical (unpaired) electrons. The van der Waals surface area contributed by atoms with E-state index in [4.69, 9.17) is 0 Å². The van der Waals surface area contributed by atoms with Crippen molar-refractivity contribution in [3.05, 3.63) is 81.2 Å². The van der Waals surface area contributed by atoms with Crippen molar-refractivity contribution in [3.8, 4) is 11.1 Å². The maximum atomic E-state index is 13.5. The number of hydrogen-bond acceptors (Lipinski definition) is 4. The lowest BCUT2D eigenvalue weighted by atomic mass is 9.89. The second-order valence-corrected chi connectivity index (χ2v) is 9.32. The van der Waals surface area contributed by atoms with Crippen LogP contribution in [0.15, 0.2) is 59.0 Å². The Kier molecular flexibility index (Phi) is 5.39. The third-order valence-corrected chi connectivity index (χ3v) is 7.26. The monoisotopic (exact) mass is 443 g/mol. The van der Waals surface area contributed by atoms with Gasteiger partial charge in [-0.15, -0.1) is 11.3 Å². The van der Waals surface area contributed by atoms with Crippen molar-refractivity contribution in [2.24, 2.45) is 0 Å². The normalized spacial score (nSPS) is 14.2. The van der Waals surface area contributed by atoms with Gasteiger partial charge in [0.15, 0.2) is 0 Å². The van der Waals surface area contributed by atoms with E-state index in [1.54, 1.807) is 6.92 Å². The number of nitrogens with one attached hydrogen (secondary N) is 1. The number of para-hydroxylation sites is 1. The van der Waals surface area contributed by atoms with Crippen molar-refractivity contribution in [2.45, 2.75) is 45.6 Å². The molecule has 1 atom stereocenters. The van der Waals surface area contributed by atoms with Gasteiger partial charge >= 0.3 is 0 Å². The van der Waals surface area contributed by atoms with E-state index in [-0.39, 0.29) is 11.5 Å². The minimum Gasteiger partial charge on any atom is -0.324 e. The summed E-state index contributed by atoms with van der Waals surface area (Å²) in [6, 6.07) is 13.4. The zero-order chi connectivity index (χ0) is 22.2. The predicted molar refractivity (Wildman–Crippen MR) is 130 cm³/mol. The first-order valence-corrected chi connectivity index (χ1v) is 11.9. The predicted octanol–water partition coefficient (Wildman–Crippen LogP) is 5.51. The topological polar surface area (TPSA) is 64.0 Å². The van der Waals surface area contributed by atoms with Crippen LogP contribution in [0.1, 0.15) is 42.5 Å². The molecule has 1 aliphatic rings. The maximum Gasteiger partial charge on any atom is 0.263 e. The third-order valence-electron chi connectivity index (χ3n) is 6.38. The number of rotatable bonds is 4. The summed E-state index contributed by atoms with van der Waals surface area (Å²) < 4.78 is 1.44. The van der Waals surface area contributed by atoms with Crippen LogP contribution in [0, 0.1) is 6.92 Å². The van der Waals surface area contributed by atoms with E-state index in [0.717, 1.165) is 35.2 Å². The fourth-order valence-electron chi connectivity index (χ4n) is 4.41. The number of carbonyl (C=O) groups is 1. The third kappa shape index (κ3) is 3.65. The number of hydrogen-bond donors (Lipinski definition) is 1. The summed E-state index contributed by atoms with van der Waals surface area (Å²) in [5.41, 5.74) is 6.27. The van der Waals surface area contributed by atoms with Crippen molar-refractivity contribution in [1.82, 2.24) is 9.55 Å². The number of carbonyl (C=O) groups excluding carboxylic acids is 1. The van der Waals surface area contributed by atoms with E-state index in [0.29, 0.717) is 10.2 Å². The van der Waals surface area contributed by atoms with Crippen LogP contribution in [-0.4, -0.2) is 15.5 Å². The molecule has 162 valence electrons. The van der Waals surface area contributed by atoms with Gasteiger partial charge in [-0.1, -0.05) is 36.4 Å². The molecule has 0 spiro atoms. The standard InChI is InChI=1S/C26H25N3O2S/c1-16-7-3-6-10-22(16)28-24(30)17(2)29-15-27-25-23(26(29)31)21(14-32-25)20-12-11-18-8-4-5-9-19(18)13-20/h3,6-7,10-15,17H,4-5,8-9H2,1-2H3,(H,28,30). The Labute approximate surface area is 190 Å². The van der Waals surface area contributed by atoms with Gasteiger partial charge in [0.05, 0.1) is 11.7 Å². The maximum absolute atomic E-state index is 13.5. The molecule has 1 aliphatic carbocycles. The van der Waals surface area contributed by atoms with Gasteiger partial charge in [-0.25, -0.2) is 4.98 Å². The van der Waals surface area contributed by atoms with E-state index < -0.39 is 6.04 Å². The minimum absolute atomic E-state index is 0.184. The first-order valence-electron chi connectivity index (χ1n) is 11.0. The number of benzene rings is 2. The molecule has 5 rings (SSSR count). The quantitative estimate of drug-likeness (QED) is 0.452. The molecule has 2 aromatic heterocycles. The number of aryl methyl sites for hydroxylation is 3. The Morgan fingerprint density at radius 1 is 1.12 bits per heavy atom. The molecule has 1 amide bonds. The van der Waals surface area contributed by atoms with E-state index in [1.807, 2.05) is 36.6 Å². The summed E-state index contributed by atoms with van der Waals surface area (Å²) in [5, 5.41) is 5.53. The van der Waals surface area contributed by atoms with Crippen LogP contribution in [0.3, 0.4) is 0 Å². The number of thiophene rings is 1. The van der Waals surface area contributed by atoms with Crippen molar-refractivity contribution >= 4 is 33.1 Å². The molecule has 0 fully saturated rings. The lowest BCUT2D eigenvalue weighted by Crippen LogP contribution is -2.31. The zero-order valence-electron chi connectivity index (χ0n) is 18.2. The van der Waals surface area contributed by atoms with E-state index in [9.17, 15) is 9.59 Å². The average molecular weight is 444 g/mol. The highest BCUT2D eigenvalue weighted by Crippen LogP contribution is 2.33. The fourth-order valence-corrected chi connectivity index (χ4v) is 5.32. The van der Waals surface area contributed by atoms with Gasteiger partial charge in [-0.05, 0) is 67.9 Å². The van der Waals surface area contributed by atoms with E-state index in [1.165, 1.54) is 46.2 Å². The average Bonchev–Trinajstić information content (AvgIpc) is 3.25. The van der Waals surface area contributed by atoms with Gasteiger partial charge in [0, 0.05) is 16.6 Å². The second-order valence-electron chi connectivity index (χ2n) is 8.46. The van der Waals surface area contributed by atoms with Crippen LogP contribution >= 0.6 is 11.3 Å². The Bertz CT molecular complexity index is 1390. The molecule has 2 aromatic carbocycles. The minimum atomic E-state index is -0.685. The summed E-state index contributed by atoms with van der Waals surface area (Å²) in [6.07, 6.45) is 6.15. The number of fused-ring (bicyclic) bond motifs is 2. The molecule has 0 aliphatic heterocycles. The molecule has 32 heavy (non-hydrogen) atoms. The largest absolute Gasteiger partial charge is 0.324 e. The van der Waals surface area contributed by atoms with Crippen LogP contribution in [0.4, 0.5) is 5.69 Å². The van der Waals surface area contributed by atoms with E-state index >= 15 is 0 Å². The summed E-state index contributed by atoms with van der Waals surface area (Å²) in [6.45, 7) is 3.67. The smallest absolute Gasteiger partial charge is 0.263 e. The molecule has 0 bridgehead atoms. The fraction of sp³-hybridized carbons (Fsp3) is 0.269. The van der Waals surface area contributed by atoms with Crippen LogP contribution in [-0.2, 0) is 17.6 Å². The summed E-state index contributed by atoms with van der Waals surface area (Å²) in [4.78, 5) is 31.6. The van der Waals surface area contributed by atoms with Gasteiger partial charge in [0.1, 0.15) is 10.9 Å². The van der Waals surface area contributed by atoms with Gasteiger partial charge in [0.2, 0.25) is 5.91 Å². The van der Waals surface area contributed by atoms with Gasteiger partial charge in [0.25, 0.3) is 5.56 Å². The summed E-state index contributed by atoms with van der Waals surface area (Å²) in [5.74, 6) is -0.242. The highest BCUT2D eigenvalue weighted by atomic mass is 32.1. The Morgan fingerprint density at radius 2 is 1.91 bits per heavy atom. The van der Waals surface area contributed by atoms with E-state index in [2.05, 4.69) is 28.5 Å². The number of anilines is 1. The molecule has 4 aromatic rings. The van der Waals surface area contributed by atoms with Crippen molar-refractivity contribution in [2.75, 3.05) is 5.32 Å². The lowest BCUT2D eigenvalue weighted by molar-refractivity contribution is -0.118. The first-order chi connectivity index (χ1) is 15.5. The van der Waals surface area contributed by atoms with Crippen LogP contribution in [0.5, 0.6) is 0 Å². The second kappa shape index (κ2) is 8.36. The Morgan fingerprint density at radius 3 is 2.72 bits per heavy atom.